The Morgan fingerprint density at radius 1 is 1.00 bits per heavy atom. The van der Waals surface area contributed by atoms with Crippen LogP contribution in [0.1, 0.15) is 22.7 Å². The minimum Gasteiger partial charge on any atom is -0.489 e. The quantitative estimate of drug-likeness (QED) is 0.563. The second kappa shape index (κ2) is 10.5. The minimum atomic E-state index is -0.498. The number of benzene rings is 3. The zero-order valence-corrected chi connectivity index (χ0v) is 18.0. The third kappa shape index (κ3) is 4.96. The maximum absolute atomic E-state index is 10.9. The molecule has 4 nitrogen and oxygen atoms in total. The molecule has 1 heterocycles. The summed E-state index contributed by atoms with van der Waals surface area (Å²) in [5.41, 5.74) is 4.75. The largest absolute Gasteiger partial charge is 0.489 e. The lowest BCUT2D eigenvalue weighted by Crippen LogP contribution is -2.40. The van der Waals surface area contributed by atoms with Crippen molar-refractivity contribution in [3.05, 3.63) is 95.6 Å². The number of rotatable bonds is 8. The predicted molar refractivity (Wildman–Crippen MR) is 125 cm³/mol. The topological polar surface area (TPSA) is 44.7 Å². The van der Waals surface area contributed by atoms with Gasteiger partial charge in [0.15, 0.2) is 0 Å². The van der Waals surface area contributed by atoms with Crippen LogP contribution in [0.25, 0.3) is 0 Å². The highest BCUT2D eigenvalue weighted by molar-refractivity contribution is 5.85. The number of aliphatic hydroxyl groups excluding tert-OH is 1. The molecule has 0 bridgehead atoms. The van der Waals surface area contributed by atoms with E-state index >= 15 is 0 Å². The Labute approximate surface area is 184 Å². The maximum Gasteiger partial charge on any atom is 0.120 e. The molecule has 2 atom stereocenters. The van der Waals surface area contributed by atoms with Crippen molar-refractivity contribution < 1.29 is 9.84 Å². The highest BCUT2D eigenvalue weighted by Crippen LogP contribution is 2.38. The molecule has 158 valence electrons. The van der Waals surface area contributed by atoms with Crippen LogP contribution in [0, 0.1) is 0 Å². The van der Waals surface area contributed by atoms with Crippen molar-refractivity contribution in [1.29, 1.82) is 0 Å². The summed E-state index contributed by atoms with van der Waals surface area (Å²) in [6.45, 7) is 2.00. The van der Waals surface area contributed by atoms with Gasteiger partial charge in [-0.3, -0.25) is 0 Å². The molecule has 3 aromatic carbocycles. The number of hydrogen-bond acceptors (Lipinski definition) is 4. The smallest absolute Gasteiger partial charge is 0.120 e. The van der Waals surface area contributed by atoms with Crippen molar-refractivity contribution in [2.75, 3.05) is 25.0 Å². The average molecular weight is 425 g/mol. The first-order valence-electron chi connectivity index (χ1n) is 10.2. The summed E-state index contributed by atoms with van der Waals surface area (Å²) in [6.07, 6.45) is 0.454. The first-order chi connectivity index (χ1) is 14.3. The van der Waals surface area contributed by atoms with Crippen LogP contribution in [0.4, 0.5) is 5.69 Å². The van der Waals surface area contributed by atoms with E-state index in [1.165, 1.54) is 11.3 Å². The zero-order valence-electron chi connectivity index (χ0n) is 17.2. The Morgan fingerprint density at radius 3 is 2.40 bits per heavy atom. The molecule has 0 spiro atoms. The van der Waals surface area contributed by atoms with Crippen molar-refractivity contribution in [3.63, 3.8) is 0 Å². The number of nitrogens with zero attached hydrogens (tertiary/aromatic N) is 1. The first kappa shape index (κ1) is 22.2. The standard InChI is InChI=1S/C25H28N2O2.ClH/c1-26-17-24(28)25(20-10-6-3-7-11-20)27-15-14-21-16-22(12-13-23(21)27)29-18-19-8-4-2-5-9-19;/h2-13,16,24-26,28H,14-15,17-18H2,1H3;1H/t24-,25?;/m0./s1. The van der Waals surface area contributed by atoms with Gasteiger partial charge in [0, 0.05) is 18.8 Å². The highest BCUT2D eigenvalue weighted by atomic mass is 35.5. The van der Waals surface area contributed by atoms with Crippen LogP contribution in [0.3, 0.4) is 0 Å². The number of halogens is 1. The maximum atomic E-state index is 10.9. The zero-order chi connectivity index (χ0) is 20.1. The molecule has 1 aliphatic rings. The molecule has 0 amide bonds. The van der Waals surface area contributed by atoms with E-state index in [4.69, 9.17) is 4.74 Å². The van der Waals surface area contributed by atoms with Crippen LogP contribution in [0.5, 0.6) is 5.75 Å². The van der Waals surface area contributed by atoms with Crippen LogP contribution in [0.2, 0.25) is 0 Å². The second-order valence-corrected chi connectivity index (χ2v) is 7.49. The number of aliphatic hydroxyl groups is 1. The fourth-order valence-electron chi connectivity index (χ4n) is 4.10. The SMILES string of the molecule is CNC[C@H](O)C(c1ccccc1)N1CCc2cc(OCc3ccccc3)ccc21.Cl. The summed E-state index contributed by atoms with van der Waals surface area (Å²) >= 11 is 0. The number of anilines is 1. The summed E-state index contributed by atoms with van der Waals surface area (Å²) in [4.78, 5) is 2.33. The summed E-state index contributed by atoms with van der Waals surface area (Å²) in [6, 6.07) is 26.7. The van der Waals surface area contributed by atoms with Crippen LogP contribution in [0.15, 0.2) is 78.9 Å². The van der Waals surface area contributed by atoms with Crippen LogP contribution >= 0.6 is 12.4 Å². The third-order valence-corrected chi connectivity index (χ3v) is 5.49. The molecule has 0 fully saturated rings. The molecule has 1 unspecified atom stereocenters. The molecule has 0 aromatic heterocycles. The minimum absolute atomic E-state index is 0. The molecule has 2 N–H and O–H groups in total. The molecular weight excluding hydrogens is 396 g/mol. The van der Waals surface area contributed by atoms with Gasteiger partial charge in [0.25, 0.3) is 0 Å². The van der Waals surface area contributed by atoms with Crippen LogP contribution in [-0.2, 0) is 13.0 Å². The van der Waals surface area contributed by atoms with E-state index in [1.54, 1.807) is 0 Å². The third-order valence-electron chi connectivity index (χ3n) is 5.49. The van der Waals surface area contributed by atoms with E-state index in [2.05, 4.69) is 46.6 Å². The van der Waals surface area contributed by atoms with E-state index in [-0.39, 0.29) is 18.4 Å². The van der Waals surface area contributed by atoms with E-state index in [0.29, 0.717) is 13.2 Å². The number of hydrogen-bond donors (Lipinski definition) is 2. The van der Waals surface area contributed by atoms with Gasteiger partial charge in [0.2, 0.25) is 0 Å². The van der Waals surface area contributed by atoms with Gasteiger partial charge >= 0.3 is 0 Å². The molecule has 5 heteroatoms. The van der Waals surface area contributed by atoms with Gasteiger partial charge in [-0.05, 0) is 48.4 Å². The Kier molecular flexibility index (Phi) is 7.75. The van der Waals surface area contributed by atoms with Crippen LogP contribution < -0.4 is 15.0 Å². The van der Waals surface area contributed by atoms with Crippen molar-refractivity contribution in [2.45, 2.75) is 25.2 Å². The lowest BCUT2D eigenvalue weighted by molar-refractivity contribution is 0.141. The fraction of sp³-hybridized carbons (Fsp3) is 0.280. The molecule has 3 aromatic rings. The molecule has 30 heavy (non-hydrogen) atoms. The molecular formula is C25H29ClN2O2. The molecule has 0 aliphatic carbocycles. The first-order valence-corrected chi connectivity index (χ1v) is 10.2. The van der Waals surface area contributed by atoms with Crippen molar-refractivity contribution in [2.24, 2.45) is 0 Å². The normalized spacial score (nSPS) is 14.5. The van der Waals surface area contributed by atoms with Crippen molar-refractivity contribution in [3.8, 4) is 5.75 Å². The lowest BCUT2D eigenvalue weighted by atomic mass is 9.99. The second-order valence-electron chi connectivity index (χ2n) is 7.49. The summed E-state index contributed by atoms with van der Waals surface area (Å²) < 4.78 is 6.01. The van der Waals surface area contributed by atoms with Crippen molar-refractivity contribution >= 4 is 18.1 Å². The number of fused-ring (bicyclic) bond motifs is 1. The average Bonchev–Trinajstić information content (AvgIpc) is 3.17. The Balaban J connectivity index is 0.00000256. The summed E-state index contributed by atoms with van der Waals surface area (Å²) in [7, 11) is 1.87. The van der Waals surface area contributed by atoms with E-state index in [0.717, 1.165) is 29.8 Å². The predicted octanol–water partition coefficient (Wildman–Crippen LogP) is 4.37. The molecule has 0 saturated heterocycles. The van der Waals surface area contributed by atoms with Gasteiger partial charge < -0.3 is 20.1 Å². The number of ether oxygens (including phenoxy) is 1. The highest BCUT2D eigenvalue weighted by Gasteiger charge is 2.32. The summed E-state index contributed by atoms with van der Waals surface area (Å²) in [5.74, 6) is 0.890. The van der Waals surface area contributed by atoms with Gasteiger partial charge in [0.05, 0.1) is 12.1 Å². The summed E-state index contributed by atoms with van der Waals surface area (Å²) in [5, 5.41) is 14.0. The van der Waals surface area contributed by atoms with E-state index in [1.807, 2.05) is 49.5 Å². The Bertz CT molecular complexity index is 921. The molecule has 0 radical (unpaired) electrons. The van der Waals surface area contributed by atoms with Gasteiger partial charge in [0.1, 0.15) is 12.4 Å². The number of nitrogens with one attached hydrogen (secondary N) is 1. The van der Waals surface area contributed by atoms with Crippen molar-refractivity contribution in [1.82, 2.24) is 5.32 Å². The lowest BCUT2D eigenvalue weighted by Gasteiger charge is -2.34. The molecule has 1 aliphatic heterocycles. The van der Waals surface area contributed by atoms with Gasteiger partial charge in [-0.15, -0.1) is 12.4 Å². The van der Waals surface area contributed by atoms with Crippen LogP contribution in [-0.4, -0.2) is 31.3 Å². The van der Waals surface area contributed by atoms with Gasteiger partial charge in [-0.2, -0.15) is 0 Å². The van der Waals surface area contributed by atoms with E-state index < -0.39 is 6.10 Å². The monoisotopic (exact) mass is 424 g/mol. The molecule has 4 rings (SSSR count). The Morgan fingerprint density at radius 2 is 1.70 bits per heavy atom. The fourth-order valence-corrected chi connectivity index (χ4v) is 4.10. The van der Waals surface area contributed by atoms with Gasteiger partial charge in [-0.25, -0.2) is 0 Å². The molecule has 0 saturated carbocycles. The van der Waals surface area contributed by atoms with E-state index in [9.17, 15) is 5.11 Å². The Hall–Kier alpha value is -2.53. The van der Waals surface area contributed by atoms with Gasteiger partial charge in [-0.1, -0.05) is 60.7 Å². The number of likely N-dealkylation sites (N-methyl/N-ethyl adjacent to an activating group) is 1.